The van der Waals surface area contributed by atoms with Gasteiger partial charge in [-0.3, -0.25) is 9.59 Å². The lowest BCUT2D eigenvalue weighted by molar-refractivity contribution is -0.161. The Bertz CT molecular complexity index is 1370. The Kier molecular flexibility index (Phi) is 66.3. The molecule has 0 saturated carbocycles. The van der Waals surface area contributed by atoms with Crippen molar-refractivity contribution < 1.29 is 24.2 Å². The highest BCUT2D eigenvalue weighted by molar-refractivity contribution is 5.70. The first-order valence-electron chi connectivity index (χ1n) is 34.5. The van der Waals surface area contributed by atoms with Crippen LogP contribution < -0.4 is 0 Å². The second-order valence-corrected chi connectivity index (χ2v) is 23.2. The van der Waals surface area contributed by atoms with E-state index in [1.807, 2.05) is 0 Å². The second kappa shape index (κ2) is 68.6. The van der Waals surface area contributed by atoms with Crippen LogP contribution in [0.15, 0.2) is 72.9 Å². The van der Waals surface area contributed by atoms with Gasteiger partial charge in [0.1, 0.15) is 6.61 Å². The summed E-state index contributed by atoms with van der Waals surface area (Å²) in [5.41, 5.74) is 0. The summed E-state index contributed by atoms with van der Waals surface area (Å²) in [6, 6.07) is 0. The molecule has 0 rings (SSSR count). The number of carbonyl (C=O) groups is 2. The monoisotopic (exact) mass is 1090 g/mol. The molecule has 0 radical (unpaired) electrons. The summed E-state index contributed by atoms with van der Waals surface area (Å²) in [6.45, 7) is 4.06. The molecule has 78 heavy (non-hydrogen) atoms. The minimum absolute atomic E-state index is 0.0698. The van der Waals surface area contributed by atoms with E-state index in [0.29, 0.717) is 12.8 Å². The van der Waals surface area contributed by atoms with Crippen LogP contribution in [0.25, 0.3) is 0 Å². The zero-order valence-corrected chi connectivity index (χ0v) is 52.2. The molecule has 0 aliphatic rings. The Labute approximate surface area is 486 Å². The van der Waals surface area contributed by atoms with Crippen LogP contribution in [0.3, 0.4) is 0 Å². The maximum absolute atomic E-state index is 12.3. The topological polar surface area (TPSA) is 72.8 Å². The minimum atomic E-state index is -0.781. The first-order chi connectivity index (χ1) is 38.6. The number of rotatable bonds is 64. The third-order valence-corrected chi connectivity index (χ3v) is 15.5. The predicted molar refractivity (Wildman–Crippen MR) is 343 cm³/mol. The van der Waals surface area contributed by atoms with E-state index in [1.165, 1.54) is 257 Å². The molecule has 0 aromatic heterocycles. The predicted octanol–water partition coefficient (Wildman–Crippen LogP) is 23.9. The van der Waals surface area contributed by atoms with Crippen molar-refractivity contribution in [3.05, 3.63) is 72.9 Å². The molecule has 1 N–H and O–H groups in total. The second-order valence-electron chi connectivity index (χ2n) is 23.2. The van der Waals surface area contributed by atoms with Gasteiger partial charge < -0.3 is 14.6 Å². The number of hydrogen-bond donors (Lipinski definition) is 1. The van der Waals surface area contributed by atoms with Crippen LogP contribution in [0.2, 0.25) is 0 Å². The van der Waals surface area contributed by atoms with Crippen LogP contribution in [0.5, 0.6) is 0 Å². The third kappa shape index (κ3) is 65.9. The fourth-order valence-electron chi connectivity index (χ4n) is 10.3. The third-order valence-electron chi connectivity index (χ3n) is 15.5. The van der Waals surface area contributed by atoms with E-state index in [9.17, 15) is 14.7 Å². The van der Waals surface area contributed by atoms with E-state index in [1.54, 1.807) is 0 Å². The summed E-state index contributed by atoms with van der Waals surface area (Å²) in [7, 11) is 0. The molecule has 0 bridgehead atoms. The molecule has 0 aliphatic heterocycles. The summed E-state index contributed by atoms with van der Waals surface area (Å²) in [6.07, 6.45) is 95.2. The molecule has 0 heterocycles. The highest BCUT2D eigenvalue weighted by atomic mass is 16.6. The Morgan fingerprint density at radius 2 is 0.551 bits per heavy atom. The fourth-order valence-corrected chi connectivity index (χ4v) is 10.3. The summed E-state index contributed by atoms with van der Waals surface area (Å²) in [4.78, 5) is 24.6. The van der Waals surface area contributed by atoms with Crippen LogP contribution in [0, 0.1) is 0 Å². The van der Waals surface area contributed by atoms with Crippen molar-refractivity contribution in [3.63, 3.8) is 0 Å². The molecule has 5 heteroatoms. The van der Waals surface area contributed by atoms with Crippen molar-refractivity contribution >= 4 is 11.9 Å². The van der Waals surface area contributed by atoms with Crippen molar-refractivity contribution in [2.75, 3.05) is 13.2 Å². The van der Waals surface area contributed by atoms with Crippen molar-refractivity contribution in [3.8, 4) is 0 Å². The first-order valence-corrected chi connectivity index (χ1v) is 34.5. The number of ether oxygens (including phenoxy) is 2. The average Bonchev–Trinajstić information content (AvgIpc) is 3.44. The van der Waals surface area contributed by atoms with Gasteiger partial charge in [0.15, 0.2) is 6.10 Å². The quantitative estimate of drug-likeness (QED) is 0.0373. The lowest BCUT2D eigenvalue weighted by Crippen LogP contribution is -2.28. The zero-order chi connectivity index (χ0) is 56.2. The highest BCUT2D eigenvalue weighted by Crippen LogP contribution is 2.18. The zero-order valence-electron chi connectivity index (χ0n) is 52.2. The number of allylic oxidation sites excluding steroid dienone is 12. The molecule has 0 spiro atoms. The molecule has 0 aromatic carbocycles. The largest absolute Gasteiger partial charge is 0.462 e. The van der Waals surface area contributed by atoms with Crippen LogP contribution in [-0.4, -0.2) is 36.4 Å². The van der Waals surface area contributed by atoms with E-state index in [4.69, 9.17) is 9.47 Å². The lowest BCUT2D eigenvalue weighted by atomic mass is 10.0. The fraction of sp³-hybridized carbons (Fsp3) is 0.808. The smallest absolute Gasteiger partial charge is 0.306 e. The van der Waals surface area contributed by atoms with Gasteiger partial charge in [-0.15, -0.1) is 0 Å². The van der Waals surface area contributed by atoms with Crippen molar-refractivity contribution in [1.82, 2.24) is 0 Å². The van der Waals surface area contributed by atoms with Crippen LogP contribution in [0.4, 0.5) is 0 Å². The highest BCUT2D eigenvalue weighted by Gasteiger charge is 2.16. The van der Waals surface area contributed by atoms with E-state index in [2.05, 4.69) is 86.8 Å². The van der Waals surface area contributed by atoms with Crippen molar-refractivity contribution in [1.29, 1.82) is 0 Å². The summed E-state index contributed by atoms with van der Waals surface area (Å²) < 4.78 is 10.7. The summed E-state index contributed by atoms with van der Waals surface area (Å²) in [5, 5.41) is 9.68. The standard InChI is InChI=1S/C73H132O5/c1-3-5-7-9-11-13-15-17-19-21-23-25-27-28-29-30-31-32-33-34-35-36-37-38-39-40-41-42-43-44-46-47-49-51-53-55-57-59-61-63-65-67-72(75)77-70-71(69-74)78-73(76)68-66-64-62-60-58-56-54-52-50-48-45-26-24-22-20-18-16-14-12-10-8-6-4-2/h6,8,12,14,18,20-21,23-24,26,48,50,71,74H,3-5,7,9-11,13,15-17,19,22,25,27-47,49,51-70H2,1-2H3/b8-6-,14-12-,20-18-,23-21-,26-24-,50-48-. The molecule has 1 unspecified atom stereocenters. The number of hydrogen-bond acceptors (Lipinski definition) is 5. The van der Waals surface area contributed by atoms with Gasteiger partial charge in [-0.2, -0.15) is 0 Å². The van der Waals surface area contributed by atoms with Gasteiger partial charge in [-0.05, 0) is 83.5 Å². The Morgan fingerprint density at radius 3 is 0.846 bits per heavy atom. The van der Waals surface area contributed by atoms with Gasteiger partial charge in [0.05, 0.1) is 6.61 Å². The van der Waals surface area contributed by atoms with E-state index >= 15 is 0 Å². The molecule has 0 aromatic rings. The van der Waals surface area contributed by atoms with Gasteiger partial charge in [0.25, 0.3) is 0 Å². The Hall–Kier alpha value is -2.66. The van der Waals surface area contributed by atoms with E-state index in [0.717, 1.165) is 77.0 Å². The average molecular weight is 1090 g/mol. The number of esters is 2. The first kappa shape index (κ1) is 75.3. The molecule has 454 valence electrons. The Balaban J connectivity index is 3.39. The maximum Gasteiger partial charge on any atom is 0.306 e. The van der Waals surface area contributed by atoms with Crippen LogP contribution in [-0.2, 0) is 19.1 Å². The van der Waals surface area contributed by atoms with Gasteiger partial charge in [0.2, 0.25) is 0 Å². The van der Waals surface area contributed by atoms with E-state index < -0.39 is 6.10 Å². The molecule has 0 fully saturated rings. The number of aliphatic hydroxyl groups is 1. The summed E-state index contributed by atoms with van der Waals surface area (Å²) >= 11 is 0. The van der Waals surface area contributed by atoms with Gasteiger partial charge in [-0.25, -0.2) is 0 Å². The molecular weight excluding hydrogens is 957 g/mol. The molecule has 1 atom stereocenters. The number of aliphatic hydroxyl groups excluding tert-OH is 1. The van der Waals surface area contributed by atoms with E-state index in [-0.39, 0.29) is 25.2 Å². The molecule has 0 aliphatic carbocycles. The summed E-state index contributed by atoms with van der Waals surface area (Å²) in [5.74, 6) is -0.591. The molecular formula is C73H132O5. The number of carbonyl (C=O) groups excluding carboxylic acids is 2. The van der Waals surface area contributed by atoms with Crippen LogP contribution in [0.1, 0.15) is 361 Å². The lowest BCUT2D eigenvalue weighted by Gasteiger charge is -2.15. The Morgan fingerprint density at radius 1 is 0.308 bits per heavy atom. The van der Waals surface area contributed by atoms with Gasteiger partial charge in [-0.1, -0.05) is 337 Å². The number of unbranched alkanes of at least 4 members (excludes halogenated alkanes) is 44. The van der Waals surface area contributed by atoms with Crippen LogP contribution >= 0.6 is 0 Å². The SMILES string of the molecule is CC/C=C\C/C=C\C/C=C\C/C=C\C/C=C\CCCCCCCCCC(=O)OC(CO)COC(=O)CCCCCCCCCCCCCCCCCCCCCCCCCCCCCCC/C=C\CCCCCCCCCC. The molecule has 0 amide bonds. The maximum atomic E-state index is 12.3. The van der Waals surface area contributed by atoms with Gasteiger partial charge >= 0.3 is 11.9 Å². The van der Waals surface area contributed by atoms with Crippen molar-refractivity contribution in [2.45, 2.75) is 367 Å². The molecule has 5 nitrogen and oxygen atoms in total. The van der Waals surface area contributed by atoms with Crippen molar-refractivity contribution in [2.24, 2.45) is 0 Å². The van der Waals surface area contributed by atoms with Gasteiger partial charge in [0, 0.05) is 12.8 Å². The minimum Gasteiger partial charge on any atom is -0.462 e. The molecule has 0 saturated heterocycles. The normalized spacial score (nSPS) is 12.6.